The van der Waals surface area contributed by atoms with E-state index in [0.717, 1.165) is 30.4 Å². The smallest absolute Gasteiger partial charge is 0.0568 e. The maximum atomic E-state index is 4.12. The molecule has 0 N–H and O–H groups in total. The Morgan fingerprint density at radius 3 is 1.70 bits per heavy atom. The van der Waals surface area contributed by atoms with Crippen LogP contribution in [0.3, 0.4) is 0 Å². The number of rotatable bonds is 8. The van der Waals surface area contributed by atoms with Gasteiger partial charge in [-0.05, 0) is 41.5 Å². The van der Waals surface area contributed by atoms with E-state index in [4.69, 9.17) is 0 Å². The van der Waals surface area contributed by atoms with Crippen LogP contribution in [-0.4, -0.2) is 12.4 Å². The third-order valence-corrected chi connectivity index (χ3v) is 3.62. The number of allylic oxidation sites excluding steroid dienone is 1. The van der Waals surface area contributed by atoms with E-state index in [1.54, 1.807) is 12.4 Å². The van der Waals surface area contributed by atoms with Crippen molar-refractivity contribution < 1.29 is 0 Å². The molecule has 0 aliphatic rings. The molecular weight excluding hydrogens is 280 g/mol. The Morgan fingerprint density at radius 1 is 0.783 bits per heavy atom. The van der Waals surface area contributed by atoms with Crippen LogP contribution in [0.15, 0.2) is 71.4 Å². The number of aryl methyl sites for hydroxylation is 2. The van der Waals surface area contributed by atoms with Crippen molar-refractivity contribution in [2.45, 2.75) is 32.6 Å². The maximum Gasteiger partial charge on any atom is 0.0568 e. The van der Waals surface area contributed by atoms with Crippen LogP contribution in [-0.2, 0) is 12.8 Å². The summed E-state index contributed by atoms with van der Waals surface area (Å²) in [6.07, 6.45) is 9.84. The summed E-state index contributed by atoms with van der Waals surface area (Å²) in [6, 6.07) is 16.8. The van der Waals surface area contributed by atoms with Gasteiger partial charge in [0.05, 0.1) is 12.4 Å². The van der Waals surface area contributed by atoms with Gasteiger partial charge in [0, 0.05) is 0 Å². The Hall–Kier alpha value is -2.48. The molecule has 0 radical (unpaired) electrons. The molecule has 0 aliphatic heterocycles. The Labute approximate surface area is 139 Å². The zero-order valence-corrected chi connectivity index (χ0v) is 13.8. The van der Waals surface area contributed by atoms with Gasteiger partial charge in [0.25, 0.3) is 0 Å². The molecule has 0 saturated heterocycles. The normalized spacial score (nSPS) is 11.3. The lowest BCUT2D eigenvalue weighted by Crippen LogP contribution is -1.86. The second kappa shape index (κ2) is 9.52. The third-order valence-electron chi connectivity index (χ3n) is 3.62. The molecule has 2 nitrogen and oxygen atoms in total. The average molecular weight is 304 g/mol. The molecule has 0 aliphatic carbocycles. The molecular formula is C21H24N2. The van der Waals surface area contributed by atoms with Crippen molar-refractivity contribution in [3.8, 4) is 0 Å². The standard InChI is InChI=1S/C21H24N2/c1-3-5-7-19-10-14-21(15-11-19)17-23-22-16-20-12-8-18(6-4-2)9-13-20/h3,8-17H,1,4-7H2,2H3. The molecule has 0 amide bonds. The lowest BCUT2D eigenvalue weighted by Gasteiger charge is -1.99. The van der Waals surface area contributed by atoms with Crippen LogP contribution >= 0.6 is 0 Å². The molecule has 0 saturated carbocycles. The van der Waals surface area contributed by atoms with Gasteiger partial charge >= 0.3 is 0 Å². The number of nitrogens with zero attached hydrogens (tertiary/aromatic N) is 2. The van der Waals surface area contributed by atoms with Gasteiger partial charge in [0.15, 0.2) is 0 Å². The molecule has 2 aromatic carbocycles. The summed E-state index contributed by atoms with van der Waals surface area (Å²) in [7, 11) is 0. The molecule has 0 heterocycles. The minimum absolute atomic E-state index is 1.01. The summed E-state index contributed by atoms with van der Waals surface area (Å²) < 4.78 is 0. The first kappa shape index (κ1) is 16.9. The van der Waals surface area contributed by atoms with E-state index in [2.05, 4.69) is 72.2 Å². The monoisotopic (exact) mass is 304 g/mol. The van der Waals surface area contributed by atoms with Gasteiger partial charge in [-0.25, -0.2) is 0 Å². The van der Waals surface area contributed by atoms with Crippen LogP contribution < -0.4 is 0 Å². The van der Waals surface area contributed by atoms with Gasteiger partial charge in [-0.2, -0.15) is 10.2 Å². The Morgan fingerprint density at radius 2 is 1.26 bits per heavy atom. The molecule has 2 heteroatoms. The van der Waals surface area contributed by atoms with Crippen molar-refractivity contribution >= 4 is 12.4 Å². The maximum absolute atomic E-state index is 4.12. The predicted molar refractivity (Wildman–Crippen MR) is 101 cm³/mol. The summed E-state index contributed by atoms with van der Waals surface area (Å²) in [5.74, 6) is 0. The molecule has 0 spiro atoms. The first-order valence-electron chi connectivity index (χ1n) is 8.17. The largest absolute Gasteiger partial charge is 0.159 e. The van der Waals surface area contributed by atoms with E-state index < -0.39 is 0 Å². The summed E-state index contributed by atoms with van der Waals surface area (Å²) in [5.41, 5.74) is 4.81. The highest BCUT2D eigenvalue weighted by atomic mass is 15.2. The lowest BCUT2D eigenvalue weighted by molar-refractivity contribution is 0.922. The first-order valence-corrected chi connectivity index (χ1v) is 8.17. The second-order valence-corrected chi connectivity index (χ2v) is 5.55. The molecule has 23 heavy (non-hydrogen) atoms. The van der Waals surface area contributed by atoms with Gasteiger partial charge in [-0.15, -0.1) is 6.58 Å². The second-order valence-electron chi connectivity index (χ2n) is 5.55. The Balaban J connectivity index is 1.88. The Bertz CT molecular complexity index is 649. The van der Waals surface area contributed by atoms with Crippen molar-refractivity contribution in [3.05, 3.63) is 83.4 Å². The number of hydrogen-bond donors (Lipinski definition) is 0. The molecule has 0 aromatic heterocycles. The van der Waals surface area contributed by atoms with Crippen molar-refractivity contribution in [2.24, 2.45) is 10.2 Å². The van der Waals surface area contributed by atoms with Crippen LogP contribution in [0.4, 0.5) is 0 Å². The highest BCUT2D eigenvalue weighted by molar-refractivity contribution is 5.82. The van der Waals surface area contributed by atoms with Gasteiger partial charge < -0.3 is 0 Å². The van der Waals surface area contributed by atoms with Crippen molar-refractivity contribution in [1.82, 2.24) is 0 Å². The summed E-state index contributed by atoms with van der Waals surface area (Å²) in [6.45, 7) is 5.94. The molecule has 2 rings (SSSR count). The molecule has 0 atom stereocenters. The van der Waals surface area contributed by atoms with Crippen molar-refractivity contribution in [3.63, 3.8) is 0 Å². The fraction of sp³-hybridized carbons (Fsp3) is 0.238. The van der Waals surface area contributed by atoms with E-state index in [9.17, 15) is 0 Å². The van der Waals surface area contributed by atoms with Crippen molar-refractivity contribution in [1.29, 1.82) is 0 Å². The zero-order chi connectivity index (χ0) is 16.3. The number of benzene rings is 2. The summed E-state index contributed by atoms with van der Waals surface area (Å²) >= 11 is 0. The molecule has 0 bridgehead atoms. The van der Waals surface area contributed by atoms with Gasteiger partial charge in [0.1, 0.15) is 0 Å². The SMILES string of the molecule is C=CCCc1ccc(C=NN=Cc2ccc(CCC)cc2)cc1. The van der Waals surface area contributed by atoms with Crippen LogP contribution in [0, 0.1) is 0 Å². The minimum Gasteiger partial charge on any atom is -0.159 e. The van der Waals surface area contributed by atoms with Crippen LogP contribution in [0.25, 0.3) is 0 Å². The lowest BCUT2D eigenvalue weighted by atomic mass is 10.1. The zero-order valence-electron chi connectivity index (χ0n) is 13.8. The quantitative estimate of drug-likeness (QED) is 0.363. The topological polar surface area (TPSA) is 24.7 Å². The van der Waals surface area contributed by atoms with E-state index in [1.165, 1.54) is 17.5 Å². The molecule has 0 unspecified atom stereocenters. The average Bonchev–Trinajstić information content (AvgIpc) is 2.59. The Kier molecular flexibility index (Phi) is 6.99. The first-order chi connectivity index (χ1) is 11.3. The highest BCUT2D eigenvalue weighted by Gasteiger charge is 1.93. The van der Waals surface area contributed by atoms with Crippen LogP contribution in [0.1, 0.15) is 42.0 Å². The van der Waals surface area contributed by atoms with E-state index in [1.807, 2.05) is 6.08 Å². The minimum atomic E-state index is 1.01. The van der Waals surface area contributed by atoms with Crippen LogP contribution in [0.5, 0.6) is 0 Å². The third kappa shape index (κ3) is 6.03. The predicted octanol–water partition coefficient (Wildman–Crippen LogP) is 5.21. The molecule has 0 fully saturated rings. The van der Waals surface area contributed by atoms with Gasteiger partial charge in [-0.3, -0.25) is 0 Å². The van der Waals surface area contributed by atoms with Crippen molar-refractivity contribution in [2.75, 3.05) is 0 Å². The molecule has 118 valence electrons. The number of hydrogen-bond acceptors (Lipinski definition) is 2. The highest BCUT2D eigenvalue weighted by Crippen LogP contribution is 2.06. The van der Waals surface area contributed by atoms with Gasteiger partial charge in [0.2, 0.25) is 0 Å². The summed E-state index contributed by atoms with van der Waals surface area (Å²) in [5, 5.41) is 8.23. The van der Waals surface area contributed by atoms with E-state index >= 15 is 0 Å². The summed E-state index contributed by atoms with van der Waals surface area (Å²) in [4.78, 5) is 0. The van der Waals surface area contributed by atoms with Crippen LogP contribution in [0.2, 0.25) is 0 Å². The van der Waals surface area contributed by atoms with E-state index in [-0.39, 0.29) is 0 Å². The molecule has 2 aromatic rings. The fourth-order valence-corrected chi connectivity index (χ4v) is 2.30. The van der Waals surface area contributed by atoms with E-state index in [0.29, 0.717) is 0 Å². The fourth-order valence-electron chi connectivity index (χ4n) is 2.30. The van der Waals surface area contributed by atoms with Gasteiger partial charge in [-0.1, -0.05) is 68.0 Å².